The van der Waals surface area contributed by atoms with E-state index in [4.69, 9.17) is 0 Å². The summed E-state index contributed by atoms with van der Waals surface area (Å²) in [6.45, 7) is 5.66. The summed E-state index contributed by atoms with van der Waals surface area (Å²) in [5.74, 6) is -0.606. The van der Waals surface area contributed by atoms with Crippen LogP contribution in [0.1, 0.15) is 34.7 Å². The molecule has 0 aromatic heterocycles. The van der Waals surface area contributed by atoms with Crippen LogP contribution in [0, 0.1) is 13.8 Å². The van der Waals surface area contributed by atoms with Gasteiger partial charge < -0.3 is 5.11 Å². The van der Waals surface area contributed by atoms with E-state index < -0.39 is 11.5 Å². The van der Waals surface area contributed by atoms with Crippen LogP contribution in [0.15, 0.2) is 82.4 Å². The highest BCUT2D eigenvalue weighted by molar-refractivity contribution is 9.10. The normalized spacial score (nSPS) is 12.0. The highest BCUT2D eigenvalue weighted by atomic mass is 79.9. The van der Waals surface area contributed by atoms with Crippen LogP contribution >= 0.6 is 15.9 Å². The number of nitrogens with one attached hydrogen (secondary N) is 1. The number of hydrogen-bond donors (Lipinski definition) is 2. The first-order valence-electron chi connectivity index (χ1n) is 9.28. The van der Waals surface area contributed by atoms with Gasteiger partial charge >= 0.3 is 0 Å². The molecule has 4 nitrogen and oxygen atoms in total. The van der Waals surface area contributed by atoms with E-state index in [9.17, 15) is 9.90 Å². The molecule has 3 aromatic carbocycles. The average molecular weight is 451 g/mol. The summed E-state index contributed by atoms with van der Waals surface area (Å²) < 4.78 is 0.964. The van der Waals surface area contributed by atoms with Crippen molar-refractivity contribution in [3.8, 4) is 0 Å². The summed E-state index contributed by atoms with van der Waals surface area (Å²) in [6.07, 6.45) is 0. The average Bonchev–Trinajstić information content (AvgIpc) is 2.71. The van der Waals surface area contributed by atoms with Gasteiger partial charge in [-0.3, -0.25) is 4.79 Å². The topological polar surface area (TPSA) is 61.7 Å². The predicted octanol–water partition coefficient (Wildman–Crippen LogP) is 4.84. The number of halogens is 1. The Labute approximate surface area is 179 Å². The Bertz CT molecular complexity index is 1010. The number of carbonyl (C=O) groups excluding carboxylic acids is 1. The second-order valence-corrected chi connectivity index (χ2v) is 8.01. The van der Waals surface area contributed by atoms with Crippen molar-refractivity contribution < 1.29 is 9.90 Å². The Hall–Kier alpha value is -2.76. The molecule has 0 atom stereocenters. The number of amides is 1. The van der Waals surface area contributed by atoms with Crippen molar-refractivity contribution in [3.63, 3.8) is 0 Å². The fourth-order valence-electron chi connectivity index (χ4n) is 3.14. The van der Waals surface area contributed by atoms with Crippen LogP contribution in [0.4, 0.5) is 0 Å². The van der Waals surface area contributed by atoms with E-state index in [0.29, 0.717) is 16.8 Å². The number of rotatable bonds is 5. The summed E-state index contributed by atoms with van der Waals surface area (Å²) in [5, 5.41) is 15.8. The van der Waals surface area contributed by atoms with Crippen molar-refractivity contribution in [2.24, 2.45) is 5.10 Å². The second-order valence-electron chi connectivity index (χ2n) is 7.09. The van der Waals surface area contributed by atoms with Crippen molar-refractivity contribution in [3.05, 3.63) is 105 Å². The van der Waals surface area contributed by atoms with Gasteiger partial charge in [0.2, 0.25) is 0 Å². The lowest BCUT2D eigenvalue weighted by Gasteiger charge is -2.28. The Morgan fingerprint density at radius 1 is 0.931 bits per heavy atom. The monoisotopic (exact) mass is 450 g/mol. The van der Waals surface area contributed by atoms with Crippen LogP contribution in [0.2, 0.25) is 0 Å². The Balaban J connectivity index is 1.99. The summed E-state index contributed by atoms with van der Waals surface area (Å²) in [4.78, 5) is 13.2. The third-order valence-corrected chi connectivity index (χ3v) is 5.32. The molecule has 0 spiro atoms. The molecule has 0 aliphatic heterocycles. The minimum atomic E-state index is -1.86. The molecule has 0 saturated carbocycles. The third kappa shape index (κ3) is 4.63. The number of hydrogen-bond acceptors (Lipinski definition) is 3. The number of aliphatic hydroxyl groups is 1. The lowest BCUT2D eigenvalue weighted by molar-refractivity contribution is -0.136. The van der Waals surface area contributed by atoms with Gasteiger partial charge in [-0.15, -0.1) is 0 Å². The number of benzene rings is 3. The molecule has 0 unspecified atom stereocenters. The van der Waals surface area contributed by atoms with Crippen LogP contribution < -0.4 is 5.43 Å². The SMILES string of the molecule is C/C(=N\NC(=O)C(O)(c1cccc(C)c1)c1cccc(C)c1)c1ccc(Br)cc1. The summed E-state index contributed by atoms with van der Waals surface area (Å²) in [6, 6.07) is 22.3. The smallest absolute Gasteiger partial charge is 0.281 e. The molecule has 2 N–H and O–H groups in total. The van der Waals surface area contributed by atoms with Gasteiger partial charge in [0.25, 0.3) is 5.91 Å². The largest absolute Gasteiger partial charge is 0.372 e. The van der Waals surface area contributed by atoms with E-state index in [1.54, 1.807) is 12.1 Å². The molecule has 1 amide bonds. The molecule has 3 aromatic rings. The molecule has 5 heteroatoms. The van der Waals surface area contributed by atoms with Crippen LogP contribution in [-0.4, -0.2) is 16.7 Å². The first-order valence-corrected chi connectivity index (χ1v) is 10.1. The molecule has 29 heavy (non-hydrogen) atoms. The van der Waals surface area contributed by atoms with Gasteiger partial charge in [0.15, 0.2) is 5.60 Å². The maximum atomic E-state index is 13.2. The predicted molar refractivity (Wildman–Crippen MR) is 120 cm³/mol. The summed E-state index contributed by atoms with van der Waals surface area (Å²) in [7, 11) is 0. The summed E-state index contributed by atoms with van der Waals surface area (Å²) >= 11 is 3.40. The van der Waals surface area contributed by atoms with Crippen LogP contribution in [-0.2, 0) is 10.4 Å². The van der Waals surface area contributed by atoms with Gasteiger partial charge in [0.05, 0.1) is 5.71 Å². The van der Waals surface area contributed by atoms with E-state index in [1.807, 2.05) is 81.4 Å². The van der Waals surface area contributed by atoms with E-state index in [-0.39, 0.29) is 0 Å². The first-order chi connectivity index (χ1) is 13.8. The van der Waals surface area contributed by atoms with Gasteiger partial charge in [0.1, 0.15) is 0 Å². The maximum absolute atomic E-state index is 13.2. The molecular formula is C24H23BrN2O2. The highest BCUT2D eigenvalue weighted by Gasteiger charge is 2.40. The number of carbonyl (C=O) groups is 1. The molecule has 0 fully saturated rings. The maximum Gasteiger partial charge on any atom is 0.281 e. The number of hydrazone groups is 1. The minimum absolute atomic E-state index is 0.497. The molecule has 0 heterocycles. The van der Waals surface area contributed by atoms with Crippen LogP contribution in [0.5, 0.6) is 0 Å². The van der Waals surface area contributed by atoms with Gasteiger partial charge in [-0.25, -0.2) is 5.43 Å². The fraction of sp³-hybridized carbons (Fsp3) is 0.167. The molecule has 0 bridgehead atoms. The van der Waals surface area contributed by atoms with Gasteiger partial charge in [-0.2, -0.15) is 5.10 Å². The van der Waals surface area contributed by atoms with Gasteiger partial charge in [-0.1, -0.05) is 87.7 Å². The fourth-order valence-corrected chi connectivity index (χ4v) is 3.40. The first kappa shape index (κ1) is 21.0. The molecular weight excluding hydrogens is 428 g/mol. The molecule has 148 valence electrons. The van der Waals surface area contributed by atoms with Crippen molar-refractivity contribution in [2.45, 2.75) is 26.4 Å². The van der Waals surface area contributed by atoms with E-state index in [2.05, 4.69) is 26.5 Å². The molecule has 0 saturated heterocycles. The van der Waals surface area contributed by atoms with E-state index in [0.717, 1.165) is 21.2 Å². The van der Waals surface area contributed by atoms with Crippen LogP contribution in [0.3, 0.4) is 0 Å². The Morgan fingerprint density at radius 3 is 1.93 bits per heavy atom. The third-order valence-electron chi connectivity index (χ3n) is 4.79. The summed E-state index contributed by atoms with van der Waals surface area (Å²) in [5.41, 5.74) is 5.12. The van der Waals surface area contributed by atoms with Gasteiger partial charge in [0, 0.05) is 4.47 Å². The standard InChI is InChI=1S/C24H23BrN2O2/c1-16-6-4-8-20(14-16)24(29,21-9-5-7-17(2)15-21)23(28)27-26-18(3)19-10-12-22(25)13-11-19/h4-15,29H,1-3H3,(H,27,28)/b26-18+. The molecule has 0 aliphatic carbocycles. The lowest BCUT2D eigenvalue weighted by atomic mass is 9.84. The zero-order valence-electron chi connectivity index (χ0n) is 16.6. The second kappa shape index (κ2) is 8.72. The Morgan fingerprint density at radius 2 is 1.45 bits per heavy atom. The van der Waals surface area contributed by atoms with Crippen molar-refractivity contribution in [1.82, 2.24) is 5.43 Å². The van der Waals surface area contributed by atoms with Crippen LogP contribution in [0.25, 0.3) is 0 Å². The zero-order valence-corrected chi connectivity index (χ0v) is 18.2. The molecule has 0 aliphatic rings. The quantitative estimate of drug-likeness (QED) is 0.431. The minimum Gasteiger partial charge on any atom is -0.372 e. The molecule has 0 radical (unpaired) electrons. The van der Waals surface area contributed by atoms with Gasteiger partial charge in [-0.05, 0) is 49.6 Å². The number of aryl methyl sites for hydroxylation is 2. The highest BCUT2D eigenvalue weighted by Crippen LogP contribution is 2.31. The lowest BCUT2D eigenvalue weighted by Crippen LogP contribution is -2.44. The van der Waals surface area contributed by atoms with Crippen molar-refractivity contribution in [2.75, 3.05) is 0 Å². The number of nitrogens with zero attached hydrogens (tertiary/aromatic N) is 1. The van der Waals surface area contributed by atoms with Crippen molar-refractivity contribution >= 4 is 27.5 Å². The van der Waals surface area contributed by atoms with E-state index >= 15 is 0 Å². The van der Waals surface area contributed by atoms with E-state index in [1.165, 1.54) is 0 Å². The Kier molecular flexibility index (Phi) is 6.30. The van der Waals surface area contributed by atoms with Crippen molar-refractivity contribution in [1.29, 1.82) is 0 Å². The molecule has 3 rings (SSSR count). The zero-order chi connectivity index (χ0) is 21.0.